The van der Waals surface area contributed by atoms with Crippen molar-refractivity contribution in [1.29, 1.82) is 0 Å². The van der Waals surface area contributed by atoms with Crippen LogP contribution in [0.2, 0.25) is 0 Å². The normalized spacial score (nSPS) is 25.3. The summed E-state index contributed by atoms with van der Waals surface area (Å²) in [4.78, 5) is 43.3. The van der Waals surface area contributed by atoms with Crippen LogP contribution in [0.1, 0.15) is 29.3 Å². The third-order valence-corrected chi connectivity index (χ3v) is 8.64. The molecule has 3 aliphatic rings. The highest BCUT2D eigenvalue weighted by Crippen LogP contribution is 2.54. The van der Waals surface area contributed by atoms with E-state index >= 15 is 0 Å². The van der Waals surface area contributed by atoms with Gasteiger partial charge in [-0.15, -0.1) is 0 Å². The zero-order valence-corrected chi connectivity index (χ0v) is 24.1. The van der Waals surface area contributed by atoms with E-state index in [0.29, 0.717) is 34.7 Å². The number of likely N-dealkylation sites (N-methyl/N-ethyl adjacent to an activating group) is 1. The number of anilines is 1. The van der Waals surface area contributed by atoms with Gasteiger partial charge in [-0.05, 0) is 69.1 Å². The zero-order valence-electron chi connectivity index (χ0n) is 24.1. The number of hydrogen-bond donors (Lipinski definition) is 5. The number of primary amides is 1. The summed E-state index contributed by atoms with van der Waals surface area (Å²) in [6.45, 7) is 2.30. The highest BCUT2D eigenvalue weighted by molar-refractivity contribution is 6.25. The SMILES string of the molecule is CCOc1cccc(-c2cc(N(C)C)c3c(c2O)C(=O)C2=C(O)C4(O)C(=O)C(C(N)=O)=C(O)C(N(C)C)C4CC2C3)c1. The molecule has 0 saturated carbocycles. The fraction of sp³-hybridized carbons (Fsp3) is 0.387. The number of ether oxygens (including phenoxy) is 1. The van der Waals surface area contributed by atoms with E-state index in [-0.39, 0.29) is 29.7 Å². The number of nitrogens with two attached hydrogens (primary N) is 1. The molecule has 2 aromatic carbocycles. The van der Waals surface area contributed by atoms with Crippen LogP contribution >= 0.6 is 0 Å². The maximum Gasteiger partial charge on any atom is 0.255 e. The van der Waals surface area contributed by atoms with E-state index in [1.54, 1.807) is 44.4 Å². The molecule has 6 N–H and O–H groups in total. The molecule has 1 amide bonds. The van der Waals surface area contributed by atoms with Gasteiger partial charge in [-0.25, -0.2) is 0 Å². The average Bonchev–Trinajstić information content (AvgIpc) is 2.90. The van der Waals surface area contributed by atoms with E-state index in [2.05, 4.69) is 0 Å². The number of carbonyl (C=O) groups excluding carboxylic acids is 3. The highest BCUT2D eigenvalue weighted by atomic mass is 16.5. The molecule has 0 aliphatic heterocycles. The van der Waals surface area contributed by atoms with Gasteiger partial charge in [0.1, 0.15) is 28.6 Å². The van der Waals surface area contributed by atoms with E-state index in [1.165, 1.54) is 4.90 Å². The molecule has 5 rings (SSSR count). The molecule has 0 aromatic heterocycles. The van der Waals surface area contributed by atoms with Gasteiger partial charge in [0, 0.05) is 36.8 Å². The molecule has 11 nitrogen and oxygen atoms in total. The molecular weight excluding hydrogens is 542 g/mol. The Morgan fingerprint density at radius 3 is 2.40 bits per heavy atom. The molecule has 0 heterocycles. The number of allylic oxidation sites excluding steroid dienone is 1. The number of aromatic hydroxyl groups is 1. The highest BCUT2D eigenvalue weighted by Gasteiger charge is 2.63. The molecule has 2 aromatic rings. The second kappa shape index (κ2) is 10.2. The maximum atomic E-state index is 14.2. The number of Topliss-reactive ketones (excluding diaryl/α,β-unsaturated/α-hetero) is 2. The minimum absolute atomic E-state index is 0.0253. The van der Waals surface area contributed by atoms with Crippen molar-refractivity contribution in [3.8, 4) is 22.6 Å². The molecule has 0 bridgehead atoms. The first-order chi connectivity index (χ1) is 19.7. The molecule has 11 heteroatoms. The number of amides is 1. The minimum Gasteiger partial charge on any atom is -0.510 e. The van der Waals surface area contributed by atoms with Crippen LogP contribution in [-0.2, 0) is 16.0 Å². The Kier molecular flexibility index (Phi) is 7.06. The molecule has 222 valence electrons. The summed E-state index contributed by atoms with van der Waals surface area (Å²) in [5, 5.41) is 45.9. The van der Waals surface area contributed by atoms with Crippen molar-refractivity contribution in [2.45, 2.75) is 31.4 Å². The number of phenolic OH excluding ortho intramolecular Hbond substituents is 1. The van der Waals surface area contributed by atoms with E-state index in [1.807, 2.05) is 25.9 Å². The Labute approximate surface area is 243 Å². The summed E-state index contributed by atoms with van der Waals surface area (Å²) >= 11 is 0. The Morgan fingerprint density at radius 1 is 1.12 bits per heavy atom. The summed E-state index contributed by atoms with van der Waals surface area (Å²) in [5.74, 6) is -6.21. The molecule has 0 spiro atoms. The first-order valence-corrected chi connectivity index (χ1v) is 13.7. The van der Waals surface area contributed by atoms with Crippen molar-refractivity contribution >= 4 is 23.2 Å². The van der Waals surface area contributed by atoms with Crippen LogP contribution in [-0.4, -0.2) is 89.2 Å². The van der Waals surface area contributed by atoms with Gasteiger partial charge in [-0.2, -0.15) is 0 Å². The van der Waals surface area contributed by atoms with E-state index in [9.17, 15) is 34.8 Å². The fourth-order valence-electron chi connectivity index (χ4n) is 6.84. The second-order valence-electron chi connectivity index (χ2n) is 11.5. The third-order valence-electron chi connectivity index (χ3n) is 8.64. The molecule has 3 aliphatic carbocycles. The van der Waals surface area contributed by atoms with Crippen LogP contribution in [0.5, 0.6) is 11.5 Å². The standard InChI is InChI=1S/C31H35N3O8/c1-6-42-16-9-7-8-14(10-16)17-13-20(33(2)3)18-11-15-12-19-24(34(4)5)27(37)23(30(32)40)29(39)31(19,41)28(38)21(15)26(36)22(18)25(17)35/h7-10,13,15,19,24,35,37-38,41H,6,11-12H2,1-5H3,(H2,32,40). The molecule has 0 radical (unpaired) electrons. The zero-order chi connectivity index (χ0) is 30.8. The number of fused-ring (bicyclic) bond motifs is 3. The van der Waals surface area contributed by atoms with Crippen LogP contribution in [0.4, 0.5) is 5.69 Å². The first-order valence-electron chi connectivity index (χ1n) is 13.7. The van der Waals surface area contributed by atoms with Gasteiger partial charge in [-0.3, -0.25) is 19.3 Å². The van der Waals surface area contributed by atoms with Crippen molar-refractivity contribution in [2.75, 3.05) is 39.7 Å². The summed E-state index contributed by atoms with van der Waals surface area (Å²) in [6.07, 6.45) is 0.229. The number of carbonyl (C=O) groups is 3. The van der Waals surface area contributed by atoms with Crippen molar-refractivity contribution in [3.05, 3.63) is 64.1 Å². The number of phenols is 1. The summed E-state index contributed by atoms with van der Waals surface area (Å²) in [6, 6.07) is 7.82. The number of rotatable bonds is 6. The summed E-state index contributed by atoms with van der Waals surface area (Å²) < 4.78 is 5.62. The second-order valence-corrected chi connectivity index (χ2v) is 11.5. The smallest absolute Gasteiger partial charge is 0.255 e. The topological polar surface area (TPSA) is 174 Å². The summed E-state index contributed by atoms with van der Waals surface area (Å²) in [5.41, 5.74) is 3.84. The average molecular weight is 578 g/mol. The van der Waals surface area contributed by atoms with Crippen LogP contribution in [0.25, 0.3) is 11.1 Å². The van der Waals surface area contributed by atoms with Crippen LogP contribution < -0.4 is 15.4 Å². The van der Waals surface area contributed by atoms with Gasteiger partial charge in [-0.1, -0.05) is 12.1 Å². The molecule has 4 atom stereocenters. The number of ketones is 2. The van der Waals surface area contributed by atoms with Crippen molar-refractivity contribution in [3.63, 3.8) is 0 Å². The molecule has 0 saturated heterocycles. The number of nitrogens with zero attached hydrogens (tertiary/aromatic N) is 2. The minimum atomic E-state index is -2.69. The lowest BCUT2D eigenvalue weighted by molar-refractivity contribution is -0.148. The number of aliphatic hydroxyl groups excluding tert-OH is 2. The Hall–Kier alpha value is -4.35. The van der Waals surface area contributed by atoms with Crippen molar-refractivity contribution < 1.29 is 39.5 Å². The van der Waals surface area contributed by atoms with Gasteiger partial charge in [0.2, 0.25) is 5.78 Å². The number of aliphatic hydroxyl groups is 3. The Morgan fingerprint density at radius 2 is 1.81 bits per heavy atom. The molecule has 42 heavy (non-hydrogen) atoms. The van der Waals surface area contributed by atoms with Gasteiger partial charge in [0.15, 0.2) is 11.4 Å². The predicted molar refractivity (Wildman–Crippen MR) is 155 cm³/mol. The van der Waals surface area contributed by atoms with Gasteiger partial charge in [0.05, 0.1) is 18.2 Å². The maximum absolute atomic E-state index is 14.2. The fourth-order valence-corrected chi connectivity index (χ4v) is 6.84. The quantitative estimate of drug-likeness (QED) is 0.320. The van der Waals surface area contributed by atoms with E-state index in [0.717, 1.165) is 0 Å². The molecule has 0 fully saturated rings. The monoisotopic (exact) mass is 577 g/mol. The number of hydrogen-bond acceptors (Lipinski definition) is 10. The van der Waals surface area contributed by atoms with Gasteiger partial charge < -0.3 is 35.8 Å². The van der Waals surface area contributed by atoms with Crippen LogP contribution in [0, 0.1) is 11.8 Å². The lowest BCUT2D eigenvalue weighted by Crippen LogP contribution is -2.63. The van der Waals surface area contributed by atoms with Gasteiger partial charge in [0.25, 0.3) is 5.91 Å². The van der Waals surface area contributed by atoms with Crippen molar-refractivity contribution in [1.82, 2.24) is 4.90 Å². The lowest BCUT2D eigenvalue weighted by atomic mass is 9.58. The summed E-state index contributed by atoms with van der Waals surface area (Å²) in [7, 11) is 6.82. The first kappa shape index (κ1) is 29.2. The Bertz CT molecular complexity index is 1590. The molecule has 4 unspecified atom stereocenters. The molecular formula is C31H35N3O8. The van der Waals surface area contributed by atoms with E-state index in [4.69, 9.17) is 10.5 Å². The lowest BCUT2D eigenvalue weighted by Gasteiger charge is -2.50. The van der Waals surface area contributed by atoms with Crippen LogP contribution in [0.3, 0.4) is 0 Å². The Balaban J connectivity index is 1.74. The predicted octanol–water partition coefficient (Wildman–Crippen LogP) is 2.25. The van der Waals surface area contributed by atoms with E-state index < -0.39 is 58.0 Å². The van der Waals surface area contributed by atoms with Gasteiger partial charge >= 0.3 is 0 Å². The third kappa shape index (κ3) is 4.06. The largest absolute Gasteiger partial charge is 0.510 e. The number of benzene rings is 2. The van der Waals surface area contributed by atoms with Crippen molar-refractivity contribution in [2.24, 2.45) is 17.6 Å². The van der Waals surface area contributed by atoms with Crippen LogP contribution in [0.15, 0.2) is 53.0 Å².